The largest absolute Gasteiger partial charge is 0.483 e. The molecular weight excluding hydrogens is 442 g/mol. The number of likely N-dealkylation sites (tertiary alicyclic amines) is 1. The summed E-state index contributed by atoms with van der Waals surface area (Å²) >= 11 is 0. The summed E-state index contributed by atoms with van der Waals surface area (Å²) in [4.78, 5) is 39.9. The quantitative estimate of drug-likeness (QED) is 0.593. The van der Waals surface area contributed by atoms with Crippen LogP contribution in [-0.2, 0) is 29.9 Å². The van der Waals surface area contributed by atoms with Crippen LogP contribution in [0.25, 0.3) is 0 Å². The van der Waals surface area contributed by atoms with Crippen LogP contribution in [0.5, 0.6) is 0 Å². The van der Waals surface area contributed by atoms with Crippen LogP contribution in [0.3, 0.4) is 0 Å². The number of rotatable bonds is 4. The molecule has 2 fully saturated rings. The fourth-order valence-electron chi connectivity index (χ4n) is 3.65. The average molecular weight is 468 g/mol. The first-order valence-electron chi connectivity index (χ1n) is 9.71. The van der Waals surface area contributed by atoms with Crippen LogP contribution in [-0.4, -0.2) is 87.4 Å². The zero-order valence-electron chi connectivity index (χ0n) is 17.2. The van der Waals surface area contributed by atoms with Gasteiger partial charge < -0.3 is 19.7 Å². The van der Waals surface area contributed by atoms with E-state index in [0.717, 1.165) is 19.5 Å². The summed E-state index contributed by atoms with van der Waals surface area (Å²) in [6.07, 6.45) is 9.89. The fourth-order valence-corrected chi connectivity index (χ4v) is 5.06. The lowest BCUT2D eigenvalue weighted by molar-refractivity contribution is -0.147. The standard InChI is InChI=1S/C17H21N5O3S.2CH2O2/c23-16(20-8-2-9-20)17(21-12-7-19-14-21)4-10-22(11-5-17)26(24,25)15-3-1-6-18-13-15;2*2-1-3/h1,3,6-7,12-14H,2,4-5,8-11H2;2*1H,(H,2,3). The van der Waals surface area contributed by atoms with Gasteiger partial charge in [-0.05, 0) is 31.4 Å². The lowest BCUT2D eigenvalue weighted by Gasteiger charge is -2.45. The Bertz CT molecular complexity index is 965. The van der Waals surface area contributed by atoms with E-state index in [9.17, 15) is 13.2 Å². The van der Waals surface area contributed by atoms with Gasteiger partial charge in [0.15, 0.2) is 0 Å². The molecule has 12 nitrogen and oxygen atoms in total. The molecule has 2 saturated heterocycles. The van der Waals surface area contributed by atoms with Gasteiger partial charge in [0.1, 0.15) is 10.4 Å². The lowest BCUT2D eigenvalue weighted by Crippen LogP contribution is -2.59. The Morgan fingerprint density at radius 3 is 2.09 bits per heavy atom. The van der Waals surface area contributed by atoms with E-state index in [1.807, 2.05) is 9.47 Å². The average Bonchev–Trinajstić information content (AvgIpc) is 3.30. The molecule has 2 N–H and O–H groups in total. The monoisotopic (exact) mass is 467 g/mol. The fraction of sp³-hybridized carbons (Fsp3) is 0.421. The molecule has 0 atom stereocenters. The smallest absolute Gasteiger partial charge is 0.290 e. The van der Waals surface area contributed by atoms with Gasteiger partial charge in [-0.25, -0.2) is 13.4 Å². The number of carbonyl (C=O) groups is 3. The number of piperidine rings is 1. The molecule has 174 valence electrons. The number of hydrogen-bond donors (Lipinski definition) is 2. The molecule has 0 aliphatic carbocycles. The van der Waals surface area contributed by atoms with E-state index in [2.05, 4.69) is 9.97 Å². The van der Waals surface area contributed by atoms with Crippen LogP contribution in [0.15, 0.2) is 48.1 Å². The van der Waals surface area contributed by atoms with Gasteiger partial charge in [-0.3, -0.25) is 19.4 Å². The third-order valence-corrected chi connectivity index (χ3v) is 7.24. The number of amides is 1. The predicted octanol–water partition coefficient (Wildman–Crippen LogP) is 0.0920. The highest BCUT2D eigenvalue weighted by Gasteiger charge is 2.47. The van der Waals surface area contributed by atoms with Gasteiger partial charge in [-0.1, -0.05) is 0 Å². The van der Waals surface area contributed by atoms with Gasteiger partial charge in [-0.15, -0.1) is 0 Å². The minimum absolute atomic E-state index is 0.0696. The predicted molar refractivity (Wildman–Crippen MR) is 111 cm³/mol. The Kier molecular flexibility index (Phi) is 8.84. The third kappa shape index (κ3) is 5.29. The van der Waals surface area contributed by atoms with E-state index >= 15 is 0 Å². The summed E-state index contributed by atoms with van der Waals surface area (Å²) in [6, 6.07) is 3.16. The van der Waals surface area contributed by atoms with E-state index in [1.54, 1.807) is 37.1 Å². The zero-order valence-corrected chi connectivity index (χ0v) is 18.0. The van der Waals surface area contributed by atoms with Gasteiger partial charge >= 0.3 is 0 Å². The van der Waals surface area contributed by atoms with Crippen LogP contribution in [0.4, 0.5) is 0 Å². The van der Waals surface area contributed by atoms with E-state index in [1.165, 1.54) is 10.5 Å². The second kappa shape index (κ2) is 11.3. The minimum Gasteiger partial charge on any atom is -0.483 e. The maximum absolute atomic E-state index is 13.1. The van der Waals surface area contributed by atoms with Crippen LogP contribution in [0.2, 0.25) is 0 Å². The summed E-state index contributed by atoms with van der Waals surface area (Å²) in [5.41, 5.74) is -0.752. The Balaban J connectivity index is 0.000000547. The molecule has 0 spiro atoms. The summed E-state index contributed by atoms with van der Waals surface area (Å²) in [5, 5.41) is 13.8. The summed E-state index contributed by atoms with van der Waals surface area (Å²) in [5.74, 6) is 0.0696. The molecule has 0 aromatic carbocycles. The molecule has 0 bridgehead atoms. The highest BCUT2D eigenvalue weighted by Crippen LogP contribution is 2.35. The van der Waals surface area contributed by atoms with Crippen molar-refractivity contribution in [3.63, 3.8) is 0 Å². The molecule has 2 aliphatic heterocycles. The van der Waals surface area contributed by atoms with Crippen molar-refractivity contribution in [2.45, 2.75) is 29.7 Å². The van der Waals surface area contributed by atoms with Gasteiger partial charge in [0.05, 0.1) is 6.33 Å². The van der Waals surface area contributed by atoms with Crippen molar-refractivity contribution in [1.82, 2.24) is 23.7 Å². The number of carbonyl (C=O) groups excluding carboxylic acids is 1. The van der Waals surface area contributed by atoms with Gasteiger partial charge in [0.25, 0.3) is 12.9 Å². The summed E-state index contributed by atoms with van der Waals surface area (Å²) in [7, 11) is -3.60. The Hall–Kier alpha value is -3.32. The molecule has 0 unspecified atom stereocenters. The van der Waals surface area contributed by atoms with Crippen molar-refractivity contribution >= 4 is 28.9 Å². The first kappa shape index (κ1) is 24.9. The minimum atomic E-state index is -3.60. The molecule has 32 heavy (non-hydrogen) atoms. The van der Waals surface area contributed by atoms with E-state index in [-0.39, 0.29) is 36.8 Å². The van der Waals surface area contributed by atoms with Crippen LogP contribution in [0, 0.1) is 0 Å². The second-order valence-corrected chi connectivity index (χ2v) is 8.89. The van der Waals surface area contributed by atoms with Crippen molar-refractivity contribution in [1.29, 1.82) is 0 Å². The maximum atomic E-state index is 13.1. The number of nitrogens with zero attached hydrogens (tertiary/aromatic N) is 5. The number of hydrogen-bond acceptors (Lipinski definition) is 7. The highest BCUT2D eigenvalue weighted by molar-refractivity contribution is 7.89. The van der Waals surface area contributed by atoms with Crippen molar-refractivity contribution in [2.24, 2.45) is 0 Å². The van der Waals surface area contributed by atoms with Gasteiger partial charge in [0.2, 0.25) is 15.9 Å². The molecule has 4 heterocycles. The van der Waals surface area contributed by atoms with E-state index in [0.29, 0.717) is 12.8 Å². The molecule has 2 aliphatic rings. The molecule has 2 aromatic rings. The van der Waals surface area contributed by atoms with Gasteiger partial charge in [0, 0.05) is 51.0 Å². The van der Waals surface area contributed by atoms with E-state index in [4.69, 9.17) is 19.8 Å². The Morgan fingerprint density at radius 1 is 1.03 bits per heavy atom. The molecule has 0 radical (unpaired) electrons. The molecule has 4 rings (SSSR count). The Morgan fingerprint density at radius 2 is 1.66 bits per heavy atom. The third-order valence-electron chi connectivity index (χ3n) is 5.36. The molecule has 1 amide bonds. The first-order chi connectivity index (χ1) is 15.4. The first-order valence-corrected chi connectivity index (χ1v) is 11.1. The number of aromatic nitrogens is 3. The molecule has 13 heteroatoms. The maximum Gasteiger partial charge on any atom is 0.290 e. The van der Waals surface area contributed by atoms with Gasteiger partial charge in [-0.2, -0.15) is 4.31 Å². The number of sulfonamides is 1. The van der Waals surface area contributed by atoms with Crippen LogP contribution >= 0.6 is 0 Å². The molecule has 2 aromatic heterocycles. The molecular formula is C19H25N5O7S. The van der Waals surface area contributed by atoms with Crippen LogP contribution in [0.1, 0.15) is 19.3 Å². The topological polar surface area (TPSA) is 163 Å². The van der Waals surface area contributed by atoms with Crippen molar-refractivity contribution in [2.75, 3.05) is 26.2 Å². The molecule has 0 saturated carbocycles. The van der Waals surface area contributed by atoms with Crippen molar-refractivity contribution in [3.05, 3.63) is 43.2 Å². The Labute approximate surface area is 185 Å². The highest BCUT2D eigenvalue weighted by atomic mass is 32.2. The van der Waals surface area contributed by atoms with E-state index < -0.39 is 15.6 Å². The normalized spacial score (nSPS) is 17.4. The zero-order chi connectivity index (χ0) is 23.6. The SMILES string of the molecule is O=C(N1CCC1)C1(n2ccnc2)CCN(S(=O)(=O)c2cccnc2)CC1.O=CO.O=CO. The number of pyridine rings is 1. The van der Waals surface area contributed by atoms with Crippen molar-refractivity contribution in [3.8, 4) is 0 Å². The number of carboxylic acid groups (broad SMARTS) is 2. The second-order valence-electron chi connectivity index (χ2n) is 6.95. The summed E-state index contributed by atoms with van der Waals surface area (Å²) in [6.45, 7) is 1.62. The lowest BCUT2D eigenvalue weighted by atomic mass is 9.85. The van der Waals surface area contributed by atoms with Crippen molar-refractivity contribution < 1.29 is 33.0 Å². The van der Waals surface area contributed by atoms with Crippen LogP contribution < -0.4 is 0 Å². The number of imidazole rings is 1. The summed E-state index contributed by atoms with van der Waals surface area (Å²) < 4.78 is 29.0.